The van der Waals surface area contributed by atoms with E-state index in [4.69, 9.17) is 9.47 Å². The summed E-state index contributed by atoms with van der Waals surface area (Å²) in [6.45, 7) is 6.67. The second-order valence-electron chi connectivity index (χ2n) is 4.71. The van der Waals surface area contributed by atoms with Crippen LogP contribution in [0.25, 0.3) is 0 Å². The van der Waals surface area contributed by atoms with Gasteiger partial charge in [0.05, 0.1) is 25.1 Å². The van der Waals surface area contributed by atoms with Crippen molar-refractivity contribution in [2.24, 2.45) is 0 Å². The number of ether oxygens (including phenoxy) is 2. The van der Waals surface area contributed by atoms with Crippen LogP contribution in [0.1, 0.15) is 13.8 Å². The van der Waals surface area contributed by atoms with Gasteiger partial charge in [-0.25, -0.2) is 0 Å². The number of hydrogen-bond donors (Lipinski definition) is 0. The zero-order valence-electron chi connectivity index (χ0n) is 12.0. The maximum Gasteiger partial charge on any atom is 0.233 e. The number of thioether (sulfide) groups is 1. The summed E-state index contributed by atoms with van der Waals surface area (Å²) in [4.78, 5) is 15.1. The molecule has 20 heavy (non-hydrogen) atoms. The normalized spacial score (nSPS) is 18.9. The summed E-state index contributed by atoms with van der Waals surface area (Å²) >= 11 is 1.56. The lowest BCUT2D eigenvalue weighted by atomic mass is 10.3. The summed E-state index contributed by atoms with van der Waals surface area (Å²) < 4.78 is 10.8. The maximum absolute atomic E-state index is 12.1. The summed E-state index contributed by atoms with van der Waals surface area (Å²) in [6.07, 6.45) is 0.142. The molecule has 1 aliphatic rings. The highest BCUT2D eigenvalue weighted by molar-refractivity contribution is 8.00. The van der Waals surface area contributed by atoms with Gasteiger partial charge in [-0.3, -0.25) is 4.79 Å². The molecule has 110 valence electrons. The molecule has 1 fully saturated rings. The third kappa shape index (κ3) is 4.42. The monoisotopic (exact) mass is 295 g/mol. The van der Waals surface area contributed by atoms with Crippen LogP contribution in [-0.4, -0.2) is 49.0 Å². The van der Waals surface area contributed by atoms with E-state index >= 15 is 0 Å². The smallest absolute Gasteiger partial charge is 0.233 e. The third-order valence-corrected chi connectivity index (χ3v) is 4.09. The molecule has 0 aromatic heterocycles. The zero-order chi connectivity index (χ0) is 14.4. The maximum atomic E-state index is 12.1. The standard InChI is InChI=1S/C15H21NO3S/c1-3-18-13-4-6-14(7-5-13)20-11-15(17)16-8-9-19-12(2)10-16/h4-7,12H,3,8-11H2,1-2H3. The van der Waals surface area contributed by atoms with E-state index < -0.39 is 0 Å². The number of carbonyl (C=O) groups excluding carboxylic acids is 1. The number of amides is 1. The zero-order valence-corrected chi connectivity index (χ0v) is 12.8. The lowest BCUT2D eigenvalue weighted by Gasteiger charge is -2.31. The molecule has 2 rings (SSSR count). The van der Waals surface area contributed by atoms with Crippen LogP contribution in [0.2, 0.25) is 0 Å². The van der Waals surface area contributed by atoms with E-state index in [1.807, 2.05) is 43.0 Å². The van der Waals surface area contributed by atoms with Crippen LogP contribution in [0.15, 0.2) is 29.2 Å². The molecule has 1 aromatic carbocycles. The first-order valence-electron chi connectivity index (χ1n) is 6.94. The fourth-order valence-electron chi connectivity index (χ4n) is 2.08. The second-order valence-corrected chi connectivity index (χ2v) is 5.76. The number of rotatable bonds is 5. The molecule has 0 bridgehead atoms. The molecule has 0 N–H and O–H groups in total. The van der Waals surface area contributed by atoms with Gasteiger partial charge in [0.15, 0.2) is 0 Å². The minimum atomic E-state index is 0.142. The molecule has 1 saturated heterocycles. The van der Waals surface area contributed by atoms with Crippen molar-refractivity contribution in [2.45, 2.75) is 24.8 Å². The predicted octanol–water partition coefficient (Wildman–Crippen LogP) is 2.42. The quantitative estimate of drug-likeness (QED) is 0.782. The van der Waals surface area contributed by atoms with E-state index in [2.05, 4.69) is 0 Å². The van der Waals surface area contributed by atoms with Crippen molar-refractivity contribution < 1.29 is 14.3 Å². The predicted molar refractivity (Wildman–Crippen MR) is 80.3 cm³/mol. The molecule has 1 amide bonds. The van der Waals surface area contributed by atoms with Crippen LogP contribution in [-0.2, 0) is 9.53 Å². The van der Waals surface area contributed by atoms with Crippen LogP contribution in [0.3, 0.4) is 0 Å². The van der Waals surface area contributed by atoms with E-state index in [1.54, 1.807) is 11.8 Å². The molecule has 0 aliphatic carbocycles. The largest absolute Gasteiger partial charge is 0.494 e. The molecule has 5 heteroatoms. The molecule has 1 aliphatic heterocycles. The highest BCUT2D eigenvalue weighted by atomic mass is 32.2. The average Bonchev–Trinajstić information content (AvgIpc) is 2.46. The van der Waals surface area contributed by atoms with Gasteiger partial charge in [-0.15, -0.1) is 11.8 Å². The number of nitrogens with zero attached hydrogens (tertiary/aromatic N) is 1. The number of carbonyl (C=O) groups is 1. The van der Waals surface area contributed by atoms with Gasteiger partial charge in [0.2, 0.25) is 5.91 Å². The molecule has 0 radical (unpaired) electrons. The molecule has 1 aromatic rings. The Morgan fingerprint density at radius 2 is 2.20 bits per heavy atom. The number of hydrogen-bond acceptors (Lipinski definition) is 4. The molecule has 4 nitrogen and oxygen atoms in total. The minimum Gasteiger partial charge on any atom is -0.494 e. The van der Waals surface area contributed by atoms with Gasteiger partial charge in [-0.1, -0.05) is 0 Å². The van der Waals surface area contributed by atoms with Gasteiger partial charge >= 0.3 is 0 Å². The summed E-state index contributed by atoms with van der Waals surface area (Å²) in [5, 5.41) is 0. The van der Waals surface area contributed by atoms with Crippen LogP contribution in [0.4, 0.5) is 0 Å². The van der Waals surface area contributed by atoms with Crippen molar-refractivity contribution in [3.8, 4) is 5.75 Å². The Morgan fingerprint density at radius 1 is 1.45 bits per heavy atom. The van der Waals surface area contributed by atoms with E-state index in [0.717, 1.165) is 10.6 Å². The topological polar surface area (TPSA) is 38.8 Å². The lowest BCUT2D eigenvalue weighted by Crippen LogP contribution is -2.45. The van der Waals surface area contributed by atoms with Crippen LogP contribution in [0.5, 0.6) is 5.75 Å². The highest BCUT2D eigenvalue weighted by Crippen LogP contribution is 2.22. The summed E-state index contributed by atoms with van der Waals surface area (Å²) in [5.74, 6) is 1.52. The number of benzene rings is 1. The Morgan fingerprint density at radius 3 is 2.85 bits per heavy atom. The lowest BCUT2D eigenvalue weighted by molar-refractivity contribution is -0.135. The number of morpholine rings is 1. The Labute approximate surface area is 124 Å². The van der Waals surface area contributed by atoms with Gasteiger partial charge in [-0.05, 0) is 38.1 Å². The van der Waals surface area contributed by atoms with Crippen molar-refractivity contribution in [1.29, 1.82) is 0 Å². The van der Waals surface area contributed by atoms with Crippen molar-refractivity contribution in [3.63, 3.8) is 0 Å². The van der Waals surface area contributed by atoms with Crippen molar-refractivity contribution >= 4 is 17.7 Å². The fraction of sp³-hybridized carbons (Fsp3) is 0.533. The van der Waals surface area contributed by atoms with Crippen molar-refractivity contribution in [2.75, 3.05) is 32.1 Å². The van der Waals surface area contributed by atoms with Crippen LogP contribution in [0, 0.1) is 0 Å². The summed E-state index contributed by atoms with van der Waals surface area (Å²) in [7, 11) is 0. The van der Waals surface area contributed by atoms with Gasteiger partial charge in [0.25, 0.3) is 0 Å². The Bertz CT molecular complexity index is 435. The van der Waals surface area contributed by atoms with Gasteiger partial charge in [0, 0.05) is 18.0 Å². The fourth-order valence-corrected chi connectivity index (χ4v) is 2.88. The van der Waals surface area contributed by atoms with Crippen LogP contribution < -0.4 is 4.74 Å². The second kappa shape index (κ2) is 7.55. The summed E-state index contributed by atoms with van der Waals surface area (Å²) in [6, 6.07) is 7.86. The van der Waals surface area contributed by atoms with Gasteiger partial charge in [-0.2, -0.15) is 0 Å². The first-order chi connectivity index (χ1) is 9.69. The highest BCUT2D eigenvalue weighted by Gasteiger charge is 2.21. The molecule has 1 unspecified atom stereocenters. The molecule has 0 saturated carbocycles. The van der Waals surface area contributed by atoms with E-state index in [0.29, 0.717) is 32.1 Å². The van der Waals surface area contributed by atoms with E-state index in [9.17, 15) is 4.79 Å². The molecule has 1 atom stereocenters. The molecule has 0 spiro atoms. The Balaban J connectivity index is 1.80. The molecular weight excluding hydrogens is 274 g/mol. The first kappa shape index (κ1) is 15.2. The Kier molecular flexibility index (Phi) is 5.73. The first-order valence-corrected chi connectivity index (χ1v) is 7.92. The molecule has 1 heterocycles. The van der Waals surface area contributed by atoms with Crippen LogP contribution >= 0.6 is 11.8 Å². The van der Waals surface area contributed by atoms with Crippen molar-refractivity contribution in [3.05, 3.63) is 24.3 Å². The van der Waals surface area contributed by atoms with E-state index in [1.165, 1.54) is 0 Å². The summed E-state index contributed by atoms with van der Waals surface area (Å²) in [5.41, 5.74) is 0. The average molecular weight is 295 g/mol. The minimum absolute atomic E-state index is 0.142. The van der Waals surface area contributed by atoms with Gasteiger partial charge in [0.1, 0.15) is 5.75 Å². The SMILES string of the molecule is CCOc1ccc(SCC(=O)N2CCOC(C)C2)cc1. The Hall–Kier alpha value is -1.20. The molecular formula is C15H21NO3S. The van der Waals surface area contributed by atoms with Crippen molar-refractivity contribution in [1.82, 2.24) is 4.90 Å². The third-order valence-electron chi connectivity index (χ3n) is 3.09. The van der Waals surface area contributed by atoms with Gasteiger partial charge < -0.3 is 14.4 Å². The van der Waals surface area contributed by atoms with E-state index in [-0.39, 0.29) is 12.0 Å².